The molecule has 0 aromatic rings. The van der Waals surface area contributed by atoms with Crippen molar-refractivity contribution in [3.8, 4) is 0 Å². The van der Waals surface area contributed by atoms with Crippen molar-refractivity contribution < 1.29 is 19.5 Å². The monoisotopic (exact) mass is 174 g/mol. The molecule has 0 aliphatic heterocycles. The second-order valence-electron chi connectivity index (χ2n) is 2.33. The van der Waals surface area contributed by atoms with Crippen LogP contribution in [0.25, 0.3) is 0 Å². The molecule has 0 heterocycles. The fourth-order valence-electron chi connectivity index (χ4n) is 0.675. The van der Waals surface area contributed by atoms with Crippen molar-refractivity contribution in [2.45, 2.75) is 12.5 Å². The number of hydrogen-bond acceptors (Lipinski definition) is 4. The van der Waals surface area contributed by atoms with Crippen molar-refractivity contribution in [1.29, 1.82) is 0 Å². The molecular weight excluding hydrogens is 164 g/mol. The maximum Gasteiger partial charge on any atom is 0.321 e. The molecule has 6 nitrogen and oxygen atoms in total. The summed E-state index contributed by atoms with van der Waals surface area (Å²) in [6, 6.07) is -1.37. The van der Waals surface area contributed by atoms with E-state index in [9.17, 15) is 14.4 Å². The van der Waals surface area contributed by atoms with Gasteiger partial charge in [-0.1, -0.05) is 0 Å². The van der Waals surface area contributed by atoms with E-state index in [1.807, 2.05) is 0 Å². The Morgan fingerprint density at radius 2 is 2.00 bits per heavy atom. The molecule has 0 fully saturated rings. The van der Waals surface area contributed by atoms with E-state index in [4.69, 9.17) is 16.6 Å². The lowest BCUT2D eigenvalue weighted by Crippen LogP contribution is -2.40. The number of primary amides is 1. The summed E-state index contributed by atoms with van der Waals surface area (Å²) in [6.07, 6.45) is -0.0134. The lowest BCUT2D eigenvalue weighted by molar-refractivity contribution is -0.141. The number of aliphatic carboxylic acids is 1. The first-order chi connectivity index (χ1) is 5.49. The molecule has 0 rings (SSSR count). The van der Waals surface area contributed by atoms with Gasteiger partial charge in [0.05, 0.1) is 0 Å². The number of carbonyl (C=O) groups is 3. The lowest BCUT2D eigenvalue weighted by atomic mass is 9.98. The Bertz CT molecular complexity index is 204. The standard InChI is InChI=1S/C6H10N2O4/c7-4(10)1-3(2-9)5(8)6(11)12/h2-3,5H,1,8H2,(H2,7,10)(H,11,12)/t3?,5-/m0/s1. The number of carboxylic acids is 1. The van der Waals surface area contributed by atoms with Crippen molar-refractivity contribution in [2.24, 2.45) is 17.4 Å². The Balaban J connectivity index is 4.23. The van der Waals surface area contributed by atoms with Gasteiger partial charge in [0.2, 0.25) is 5.91 Å². The van der Waals surface area contributed by atoms with Gasteiger partial charge in [-0.15, -0.1) is 0 Å². The van der Waals surface area contributed by atoms with Crippen LogP contribution in [-0.2, 0) is 14.4 Å². The van der Waals surface area contributed by atoms with E-state index in [1.54, 1.807) is 0 Å². The second-order valence-corrected chi connectivity index (χ2v) is 2.33. The summed E-state index contributed by atoms with van der Waals surface area (Å²) in [7, 11) is 0. The predicted molar refractivity (Wildman–Crippen MR) is 39.0 cm³/mol. The fraction of sp³-hybridized carbons (Fsp3) is 0.500. The first kappa shape index (κ1) is 10.6. The van der Waals surface area contributed by atoms with Gasteiger partial charge in [-0.05, 0) is 0 Å². The van der Waals surface area contributed by atoms with Crippen molar-refractivity contribution in [3.63, 3.8) is 0 Å². The first-order valence-electron chi connectivity index (χ1n) is 3.21. The van der Waals surface area contributed by atoms with Gasteiger partial charge in [0.1, 0.15) is 12.3 Å². The summed E-state index contributed by atoms with van der Waals surface area (Å²) in [4.78, 5) is 30.8. The van der Waals surface area contributed by atoms with Crippen molar-refractivity contribution in [1.82, 2.24) is 0 Å². The molecule has 12 heavy (non-hydrogen) atoms. The maximum atomic E-state index is 10.3. The summed E-state index contributed by atoms with van der Waals surface area (Å²) in [5.74, 6) is -3.11. The van der Waals surface area contributed by atoms with Crippen molar-refractivity contribution in [2.75, 3.05) is 0 Å². The van der Waals surface area contributed by atoms with E-state index in [2.05, 4.69) is 0 Å². The minimum absolute atomic E-state index is 0.323. The molecule has 2 atom stereocenters. The van der Waals surface area contributed by atoms with E-state index in [0.29, 0.717) is 6.29 Å². The van der Waals surface area contributed by atoms with Crippen LogP contribution in [0, 0.1) is 5.92 Å². The third kappa shape index (κ3) is 3.11. The number of amides is 1. The number of nitrogens with two attached hydrogens (primary N) is 2. The number of rotatable bonds is 5. The van der Waals surface area contributed by atoms with E-state index >= 15 is 0 Å². The minimum atomic E-state index is -1.37. The highest BCUT2D eigenvalue weighted by atomic mass is 16.4. The van der Waals surface area contributed by atoms with Crippen LogP contribution >= 0.6 is 0 Å². The van der Waals surface area contributed by atoms with Gasteiger partial charge >= 0.3 is 5.97 Å². The zero-order chi connectivity index (χ0) is 9.72. The van der Waals surface area contributed by atoms with Crippen LogP contribution in [0.5, 0.6) is 0 Å². The van der Waals surface area contributed by atoms with Gasteiger partial charge in [0, 0.05) is 12.3 Å². The Morgan fingerprint density at radius 3 is 2.25 bits per heavy atom. The normalized spacial score (nSPS) is 14.8. The van der Waals surface area contributed by atoms with Crippen LogP contribution in [0.4, 0.5) is 0 Å². The quantitative estimate of drug-likeness (QED) is 0.419. The van der Waals surface area contributed by atoms with E-state index in [-0.39, 0.29) is 6.42 Å². The Morgan fingerprint density at radius 1 is 1.50 bits per heavy atom. The molecule has 1 amide bonds. The number of carboxylic acid groups (broad SMARTS) is 1. The number of carbonyl (C=O) groups excluding carboxylic acids is 2. The second kappa shape index (κ2) is 4.45. The Kier molecular flexibility index (Phi) is 3.92. The molecule has 0 spiro atoms. The van der Waals surface area contributed by atoms with Gasteiger partial charge in [0.15, 0.2) is 0 Å². The summed E-state index contributed by atoms with van der Waals surface area (Å²) in [6.45, 7) is 0. The molecule has 0 aromatic carbocycles. The maximum absolute atomic E-state index is 10.3. The highest BCUT2D eigenvalue weighted by Gasteiger charge is 2.24. The SMILES string of the molecule is NC(=O)CC(C=O)[C@H](N)C(=O)O. The Labute approximate surface area is 68.5 Å². The van der Waals surface area contributed by atoms with Gasteiger partial charge in [-0.25, -0.2) is 0 Å². The lowest BCUT2D eigenvalue weighted by Gasteiger charge is -2.11. The molecule has 0 saturated carbocycles. The molecule has 1 unspecified atom stereocenters. The highest BCUT2D eigenvalue weighted by Crippen LogP contribution is 2.03. The minimum Gasteiger partial charge on any atom is -0.480 e. The largest absolute Gasteiger partial charge is 0.480 e. The molecule has 0 radical (unpaired) electrons. The van der Waals surface area contributed by atoms with Gasteiger partial charge < -0.3 is 21.4 Å². The first-order valence-corrected chi connectivity index (χ1v) is 3.21. The smallest absolute Gasteiger partial charge is 0.321 e. The van der Waals surface area contributed by atoms with E-state index in [0.717, 1.165) is 0 Å². The summed E-state index contributed by atoms with van der Waals surface area (Å²) < 4.78 is 0. The highest BCUT2D eigenvalue weighted by molar-refractivity contribution is 5.83. The van der Waals surface area contributed by atoms with Crippen LogP contribution in [0.3, 0.4) is 0 Å². The van der Waals surface area contributed by atoms with E-state index in [1.165, 1.54) is 0 Å². The third-order valence-corrected chi connectivity index (χ3v) is 1.36. The summed E-state index contributed by atoms with van der Waals surface area (Å²) >= 11 is 0. The average Bonchev–Trinajstić information content (AvgIpc) is 1.98. The van der Waals surface area contributed by atoms with Crippen LogP contribution < -0.4 is 11.5 Å². The predicted octanol–water partition coefficient (Wildman–Crippen LogP) is -1.91. The molecule has 0 bridgehead atoms. The zero-order valence-corrected chi connectivity index (χ0v) is 6.27. The molecular formula is C6H10N2O4. The Hall–Kier alpha value is -1.43. The third-order valence-electron chi connectivity index (χ3n) is 1.36. The topological polar surface area (TPSA) is 123 Å². The number of aldehydes is 1. The van der Waals surface area contributed by atoms with Crippen LogP contribution in [-0.4, -0.2) is 29.3 Å². The van der Waals surface area contributed by atoms with Gasteiger partial charge in [-0.3, -0.25) is 9.59 Å². The van der Waals surface area contributed by atoms with E-state index < -0.39 is 23.8 Å². The zero-order valence-electron chi connectivity index (χ0n) is 6.27. The summed E-state index contributed by atoms with van der Waals surface area (Å²) in [5.41, 5.74) is 9.84. The fourth-order valence-corrected chi connectivity index (χ4v) is 0.675. The van der Waals surface area contributed by atoms with Crippen LogP contribution in [0.2, 0.25) is 0 Å². The van der Waals surface area contributed by atoms with Crippen molar-refractivity contribution in [3.05, 3.63) is 0 Å². The molecule has 5 N–H and O–H groups in total. The van der Waals surface area contributed by atoms with Crippen molar-refractivity contribution >= 4 is 18.2 Å². The number of hydrogen-bond donors (Lipinski definition) is 3. The molecule has 0 aliphatic rings. The van der Waals surface area contributed by atoms with Gasteiger partial charge in [-0.2, -0.15) is 0 Å². The molecule has 68 valence electrons. The van der Waals surface area contributed by atoms with Gasteiger partial charge in [0.25, 0.3) is 0 Å². The molecule has 0 aliphatic carbocycles. The van der Waals surface area contributed by atoms with Crippen LogP contribution in [0.1, 0.15) is 6.42 Å². The summed E-state index contributed by atoms with van der Waals surface area (Å²) in [5, 5.41) is 8.36. The molecule has 0 aromatic heterocycles. The van der Waals surface area contributed by atoms with Crippen LogP contribution in [0.15, 0.2) is 0 Å². The average molecular weight is 174 g/mol. The molecule has 6 heteroatoms. The molecule has 0 saturated heterocycles.